The number of aryl methyl sites for hydroxylation is 1. The van der Waals surface area contributed by atoms with Gasteiger partial charge in [0.2, 0.25) is 0 Å². The third kappa shape index (κ3) is 4.30. The number of urea groups is 1. The number of benzene rings is 1. The fraction of sp³-hybridized carbons (Fsp3) is 0.708. The lowest BCUT2D eigenvalue weighted by Gasteiger charge is -2.58. The first kappa shape index (κ1) is 22.9. The molecule has 1 aromatic carbocycles. The van der Waals surface area contributed by atoms with E-state index in [-0.39, 0.29) is 6.04 Å². The molecule has 2 fully saturated rings. The zero-order valence-corrected chi connectivity index (χ0v) is 19.0. The van der Waals surface area contributed by atoms with Crippen molar-refractivity contribution in [1.82, 2.24) is 10.2 Å². The van der Waals surface area contributed by atoms with Crippen molar-refractivity contribution < 1.29 is 14.6 Å². The van der Waals surface area contributed by atoms with Crippen LogP contribution in [0.15, 0.2) is 18.2 Å². The predicted molar refractivity (Wildman–Crippen MR) is 120 cm³/mol. The summed E-state index contributed by atoms with van der Waals surface area (Å²) in [5.74, 6) is 1.57. The molecule has 30 heavy (non-hydrogen) atoms. The molecule has 0 aromatic heterocycles. The van der Waals surface area contributed by atoms with Crippen molar-refractivity contribution >= 4 is 6.03 Å². The standard InChI is InChI=1S/C24H39N3O3/c1-5-10-24(29)18(3)27(16-19-7-8-19)14-12-23(24,11-13-26-22(25)28)21-15-20(30-4)9-6-17(21)2/h6,9,15,18-19,29H,5,7-8,10-14,16H2,1-4H3,(H3,25,26,28). The van der Waals surface area contributed by atoms with Gasteiger partial charge in [-0.3, -0.25) is 4.90 Å². The van der Waals surface area contributed by atoms with Crippen molar-refractivity contribution in [3.8, 4) is 5.75 Å². The van der Waals surface area contributed by atoms with Gasteiger partial charge >= 0.3 is 6.03 Å². The van der Waals surface area contributed by atoms with Crippen LogP contribution < -0.4 is 15.8 Å². The number of ether oxygens (including phenoxy) is 1. The molecule has 3 rings (SSSR count). The Bertz CT molecular complexity index is 751. The van der Waals surface area contributed by atoms with Gasteiger partial charge in [0.05, 0.1) is 12.7 Å². The third-order valence-corrected chi connectivity index (χ3v) is 7.53. The second-order valence-electron chi connectivity index (χ2n) is 9.34. The van der Waals surface area contributed by atoms with Gasteiger partial charge in [-0.05, 0) is 81.7 Å². The van der Waals surface area contributed by atoms with Gasteiger partial charge in [0, 0.05) is 24.5 Å². The maximum Gasteiger partial charge on any atom is 0.312 e. The Morgan fingerprint density at radius 3 is 2.70 bits per heavy atom. The fourth-order valence-corrected chi connectivity index (χ4v) is 5.64. The molecular weight excluding hydrogens is 378 g/mol. The summed E-state index contributed by atoms with van der Waals surface area (Å²) >= 11 is 0. The second kappa shape index (κ2) is 9.15. The summed E-state index contributed by atoms with van der Waals surface area (Å²) in [4.78, 5) is 13.9. The number of hydrogen-bond acceptors (Lipinski definition) is 4. The first-order valence-electron chi connectivity index (χ1n) is 11.4. The number of likely N-dealkylation sites (tertiary alicyclic amines) is 1. The van der Waals surface area contributed by atoms with E-state index >= 15 is 0 Å². The normalized spacial score (nSPS) is 29.6. The number of carbonyl (C=O) groups is 1. The van der Waals surface area contributed by atoms with Crippen LogP contribution in [0.5, 0.6) is 5.75 Å². The van der Waals surface area contributed by atoms with Crippen LogP contribution in [0.1, 0.15) is 63.5 Å². The number of carbonyl (C=O) groups excluding carboxylic acids is 1. The molecule has 168 valence electrons. The monoisotopic (exact) mass is 417 g/mol. The number of nitrogens with one attached hydrogen (secondary N) is 1. The lowest BCUT2D eigenvalue weighted by molar-refractivity contribution is -0.142. The summed E-state index contributed by atoms with van der Waals surface area (Å²) in [6, 6.07) is 5.64. The predicted octanol–water partition coefficient (Wildman–Crippen LogP) is 3.34. The largest absolute Gasteiger partial charge is 0.497 e. The van der Waals surface area contributed by atoms with Crippen LogP contribution in [0.4, 0.5) is 4.79 Å². The van der Waals surface area contributed by atoms with E-state index in [4.69, 9.17) is 10.5 Å². The molecule has 0 radical (unpaired) electrons. The van der Waals surface area contributed by atoms with Crippen LogP contribution >= 0.6 is 0 Å². The molecule has 1 saturated heterocycles. The van der Waals surface area contributed by atoms with Gasteiger partial charge in [0.15, 0.2) is 0 Å². The van der Waals surface area contributed by atoms with Gasteiger partial charge in [-0.1, -0.05) is 19.4 Å². The average Bonchev–Trinajstić information content (AvgIpc) is 3.52. The SMILES string of the molecule is CCCC1(O)C(C)N(CC2CC2)CCC1(CCNC(N)=O)c1cc(OC)ccc1C. The molecule has 1 aromatic rings. The summed E-state index contributed by atoms with van der Waals surface area (Å²) < 4.78 is 5.54. The van der Waals surface area contributed by atoms with Crippen molar-refractivity contribution in [3.63, 3.8) is 0 Å². The van der Waals surface area contributed by atoms with E-state index in [1.807, 2.05) is 6.07 Å². The van der Waals surface area contributed by atoms with Crippen LogP contribution in [0, 0.1) is 12.8 Å². The van der Waals surface area contributed by atoms with E-state index in [2.05, 4.69) is 43.1 Å². The summed E-state index contributed by atoms with van der Waals surface area (Å²) in [5, 5.41) is 15.2. The van der Waals surface area contributed by atoms with Gasteiger partial charge in [0.25, 0.3) is 0 Å². The van der Waals surface area contributed by atoms with Crippen molar-refractivity contribution in [3.05, 3.63) is 29.3 Å². The maximum absolute atomic E-state index is 12.4. The molecule has 3 unspecified atom stereocenters. The van der Waals surface area contributed by atoms with E-state index < -0.39 is 17.0 Å². The molecule has 2 aliphatic rings. The molecule has 1 aliphatic heterocycles. The quantitative estimate of drug-likeness (QED) is 0.575. The minimum atomic E-state index is -0.911. The van der Waals surface area contributed by atoms with E-state index in [1.54, 1.807) is 7.11 Å². The minimum absolute atomic E-state index is 0.0333. The molecule has 6 nitrogen and oxygen atoms in total. The van der Waals surface area contributed by atoms with Gasteiger partial charge in [-0.15, -0.1) is 0 Å². The lowest BCUT2D eigenvalue weighted by Crippen LogP contribution is -2.68. The van der Waals surface area contributed by atoms with Crippen molar-refractivity contribution in [2.45, 2.75) is 76.4 Å². The Kier molecular flexibility index (Phi) is 6.98. The van der Waals surface area contributed by atoms with Crippen LogP contribution in [-0.2, 0) is 5.41 Å². The smallest absolute Gasteiger partial charge is 0.312 e. The molecule has 1 saturated carbocycles. The number of hydrogen-bond donors (Lipinski definition) is 3. The van der Waals surface area contributed by atoms with E-state index in [0.29, 0.717) is 19.4 Å². The van der Waals surface area contributed by atoms with E-state index in [1.165, 1.54) is 12.8 Å². The molecule has 2 amide bonds. The Hall–Kier alpha value is -1.79. The van der Waals surface area contributed by atoms with Crippen molar-refractivity contribution in [1.29, 1.82) is 0 Å². The topological polar surface area (TPSA) is 87.8 Å². The Labute approximate surface area is 181 Å². The molecule has 6 heteroatoms. The number of amides is 2. The number of methoxy groups -OCH3 is 1. The summed E-state index contributed by atoms with van der Waals surface area (Å²) in [6.45, 7) is 8.87. The number of aliphatic hydroxyl groups is 1. The molecular formula is C24H39N3O3. The van der Waals surface area contributed by atoms with Crippen LogP contribution in [0.2, 0.25) is 0 Å². The molecule has 0 spiro atoms. The van der Waals surface area contributed by atoms with Gasteiger partial charge in [-0.25, -0.2) is 4.79 Å². The average molecular weight is 418 g/mol. The number of piperidine rings is 1. The highest BCUT2D eigenvalue weighted by Gasteiger charge is 2.58. The molecule has 0 bridgehead atoms. The number of nitrogens with zero attached hydrogens (tertiary/aromatic N) is 1. The Balaban J connectivity index is 2.07. The number of nitrogens with two attached hydrogens (primary N) is 1. The highest BCUT2D eigenvalue weighted by Crippen LogP contribution is 2.52. The molecule has 4 N–H and O–H groups in total. The zero-order chi connectivity index (χ0) is 21.9. The third-order valence-electron chi connectivity index (χ3n) is 7.53. The number of primary amides is 1. The summed E-state index contributed by atoms with van der Waals surface area (Å²) in [7, 11) is 1.68. The van der Waals surface area contributed by atoms with E-state index in [9.17, 15) is 9.90 Å². The molecule has 1 heterocycles. The second-order valence-corrected chi connectivity index (χ2v) is 9.34. The van der Waals surface area contributed by atoms with Crippen LogP contribution in [0.25, 0.3) is 0 Å². The highest BCUT2D eigenvalue weighted by molar-refractivity contribution is 5.71. The molecule has 1 aliphatic carbocycles. The van der Waals surface area contributed by atoms with Crippen LogP contribution in [-0.4, -0.2) is 54.4 Å². The maximum atomic E-state index is 12.4. The van der Waals surface area contributed by atoms with Crippen molar-refractivity contribution in [2.24, 2.45) is 11.7 Å². The van der Waals surface area contributed by atoms with E-state index in [0.717, 1.165) is 48.7 Å². The Morgan fingerprint density at radius 1 is 1.37 bits per heavy atom. The fourth-order valence-electron chi connectivity index (χ4n) is 5.64. The van der Waals surface area contributed by atoms with Crippen LogP contribution in [0.3, 0.4) is 0 Å². The van der Waals surface area contributed by atoms with Gasteiger partial charge < -0.3 is 20.9 Å². The van der Waals surface area contributed by atoms with Gasteiger partial charge in [0.1, 0.15) is 5.75 Å². The van der Waals surface area contributed by atoms with Crippen molar-refractivity contribution in [2.75, 3.05) is 26.7 Å². The molecule has 3 atom stereocenters. The lowest BCUT2D eigenvalue weighted by atomic mass is 9.56. The summed E-state index contributed by atoms with van der Waals surface area (Å²) in [5.41, 5.74) is 6.24. The summed E-state index contributed by atoms with van der Waals surface area (Å²) in [6.07, 6.45) is 5.70. The highest BCUT2D eigenvalue weighted by atomic mass is 16.5. The first-order valence-corrected chi connectivity index (χ1v) is 11.4. The first-order chi connectivity index (χ1) is 14.3. The zero-order valence-electron chi connectivity index (χ0n) is 19.0. The number of rotatable bonds is 9. The Morgan fingerprint density at radius 2 is 2.10 bits per heavy atom. The minimum Gasteiger partial charge on any atom is -0.497 e. The van der Waals surface area contributed by atoms with Gasteiger partial charge in [-0.2, -0.15) is 0 Å².